The molecule has 100 valence electrons. The van der Waals surface area contributed by atoms with E-state index in [0.29, 0.717) is 30.3 Å². The number of nitrogens with one attached hydrogen (secondary N) is 1. The second-order valence-electron chi connectivity index (χ2n) is 3.89. The van der Waals surface area contributed by atoms with E-state index in [1.807, 2.05) is 13.8 Å². The number of rotatable bonds is 7. The lowest BCUT2D eigenvalue weighted by Gasteiger charge is -2.17. The van der Waals surface area contributed by atoms with Crippen LogP contribution in [0.3, 0.4) is 0 Å². The molecule has 5 nitrogen and oxygen atoms in total. The zero-order valence-corrected chi connectivity index (χ0v) is 11.0. The number of nitrogen functional groups attached to an aromatic ring is 1. The Hall–Kier alpha value is -1.75. The average molecular weight is 252 g/mol. The SMILES string of the molecule is CCOc1cc(C(=N)N)ccc1OC(C)COC. The molecule has 0 amide bonds. The fourth-order valence-electron chi connectivity index (χ4n) is 1.53. The van der Waals surface area contributed by atoms with Crippen LogP contribution in [0.4, 0.5) is 0 Å². The third-order valence-corrected chi connectivity index (χ3v) is 2.28. The summed E-state index contributed by atoms with van der Waals surface area (Å²) in [6.45, 7) is 4.83. The topological polar surface area (TPSA) is 77.6 Å². The lowest BCUT2D eigenvalue weighted by molar-refractivity contribution is 0.0894. The highest BCUT2D eigenvalue weighted by Gasteiger charge is 2.11. The van der Waals surface area contributed by atoms with Gasteiger partial charge >= 0.3 is 0 Å². The second kappa shape index (κ2) is 6.86. The molecular weight excluding hydrogens is 232 g/mol. The molecular formula is C13H20N2O3. The van der Waals surface area contributed by atoms with E-state index in [9.17, 15) is 0 Å². The zero-order chi connectivity index (χ0) is 13.5. The molecule has 0 aliphatic rings. The molecule has 0 aliphatic heterocycles. The standard InChI is InChI=1S/C13H20N2O3/c1-4-17-12-7-10(13(14)15)5-6-11(12)18-9(2)8-16-3/h5-7,9H,4,8H2,1-3H3,(H3,14,15). The van der Waals surface area contributed by atoms with Gasteiger partial charge in [-0.15, -0.1) is 0 Å². The van der Waals surface area contributed by atoms with Gasteiger partial charge in [0, 0.05) is 12.7 Å². The van der Waals surface area contributed by atoms with Gasteiger partial charge in [-0.1, -0.05) is 0 Å². The largest absolute Gasteiger partial charge is 0.490 e. The lowest BCUT2D eigenvalue weighted by atomic mass is 10.2. The van der Waals surface area contributed by atoms with E-state index >= 15 is 0 Å². The molecule has 0 spiro atoms. The van der Waals surface area contributed by atoms with E-state index in [0.717, 1.165) is 0 Å². The van der Waals surface area contributed by atoms with Crippen molar-refractivity contribution in [3.05, 3.63) is 23.8 Å². The van der Waals surface area contributed by atoms with Gasteiger partial charge in [0.1, 0.15) is 11.9 Å². The van der Waals surface area contributed by atoms with Crippen molar-refractivity contribution >= 4 is 5.84 Å². The summed E-state index contributed by atoms with van der Waals surface area (Å²) >= 11 is 0. The van der Waals surface area contributed by atoms with Crippen LogP contribution in [-0.4, -0.2) is 32.3 Å². The maximum Gasteiger partial charge on any atom is 0.161 e. The first-order valence-electron chi connectivity index (χ1n) is 5.85. The summed E-state index contributed by atoms with van der Waals surface area (Å²) in [4.78, 5) is 0. The number of methoxy groups -OCH3 is 1. The van der Waals surface area contributed by atoms with Crippen molar-refractivity contribution in [2.24, 2.45) is 5.73 Å². The first-order valence-corrected chi connectivity index (χ1v) is 5.85. The number of ether oxygens (including phenoxy) is 3. The molecule has 1 rings (SSSR count). The highest BCUT2D eigenvalue weighted by molar-refractivity contribution is 5.95. The van der Waals surface area contributed by atoms with Crippen molar-refractivity contribution in [2.75, 3.05) is 20.3 Å². The van der Waals surface area contributed by atoms with Crippen molar-refractivity contribution in [3.63, 3.8) is 0 Å². The van der Waals surface area contributed by atoms with Crippen molar-refractivity contribution in [3.8, 4) is 11.5 Å². The highest BCUT2D eigenvalue weighted by atomic mass is 16.5. The fourth-order valence-corrected chi connectivity index (χ4v) is 1.53. The highest BCUT2D eigenvalue weighted by Crippen LogP contribution is 2.29. The maximum absolute atomic E-state index is 7.40. The lowest BCUT2D eigenvalue weighted by Crippen LogP contribution is -2.19. The van der Waals surface area contributed by atoms with Crippen LogP contribution in [0.5, 0.6) is 11.5 Å². The van der Waals surface area contributed by atoms with E-state index in [4.69, 9.17) is 25.4 Å². The molecule has 0 heterocycles. The molecule has 18 heavy (non-hydrogen) atoms. The van der Waals surface area contributed by atoms with Crippen molar-refractivity contribution in [2.45, 2.75) is 20.0 Å². The molecule has 0 aromatic heterocycles. The Labute approximate surface area is 107 Å². The van der Waals surface area contributed by atoms with Gasteiger partial charge < -0.3 is 19.9 Å². The van der Waals surface area contributed by atoms with Gasteiger partial charge in [0.25, 0.3) is 0 Å². The van der Waals surface area contributed by atoms with Crippen LogP contribution in [0, 0.1) is 5.41 Å². The Morgan fingerprint density at radius 2 is 2.11 bits per heavy atom. The van der Waals surface area contributed by atoms with Crippen LogP contribution >= 0.6 is 0 Å². The summed E-state index contributed by atoms with van der Waals surface area (Å²) < 4.78 is 16.2. The number of nitrogens with two attached hydrogens (primary N) is 1. The second-order valence-corrected chi connectivity index (χ2v) is 3.89. The summed E-state index contributed by atoms with van der Waals surface area (Å²) in [6.07, 6.45) is -0.0719. The van der Waals surface area contributed by atoms with E-state index in [1.165, 1.54) is 0 Å². The normalized spacial score (nSPS) is 11.9. The predicted octanol–water partition coefficient (Wildman–Crippen LogP) is 1.78. The van der Waals surface area contributed by atoms with E-state index < -0.39 is 0 Å². The van der Waals surface area contributed by atoms with Crippen LogP contribution < -0.4 is 15.2 Å². The van der Waals surface area contributed by atoms with Gasteiger partial charge in [0.15, 0.2) is 11.5 Å². The molecule has 5 heteroatoms. The Balaban J connectivity index is 2.92. The Bertz CT molecular complexity index is 407. The van der Waals surface area contributed by atoms with Crippen molar-refractivity contribution < 1.29 is 14.2 Å². The maximum atomic E-state index is 7.40. The van der Waals surface area contributed by atoms with Crippen LogP contribution in [0.1, 0.15) is 19.4 Å². The minimum Gasteiger partial charge on any atom is -0.490 e. The number of hydrogen-bond acceptors (Lipinski definition) is 4. The molecule has 0 fully saturated rings. The molecule has 3 N–H and O–H groups in total. The van der Waals surface area contributed by atoms with E-state index in [-0.39, 0.29) is 11.9 Å². The van der Waals surface area contributed by atoms with Crippen molar-refractivity contribution in [1.29, 1.82) is 5.41 Å². The molecule has 0 radical (unpaired) electrons. The zero-order valence-electron chi connectivity index (χ0n) is 11.0. The summed E-state index contributed by atoms with van der Waals surface area (Å²) in [6, 6.07) is 5.20. The third-order valence-electron chi connectivity index (χ3n) is 2.28. The molecule has 1 unspecified atom stereocenters. The van der Waals surface area contributed by atoms with Gasteiger partial charge in [0.2, 0.25) is 0 Å². The first kappa shape index (κ1) is 14.3. The summed E-state index contributed by atoms with van der Waals surface area (Å²) in [7, 11) is 1.63. The number of benzene rings is 1. The van der Waals surface area contributed by atoms with Crippen LogP contribution in [0.25, 0.3) is 0 Å². The Kier molecular flexibility index (Phi) is 5.45. The monoisotopic (exact) mass is 252 g/mol. The number of amidine groups is 1. The van der Waals surface area contributed by atoms with Gasteiger partial charge in [-0.2, -0.15) is 0 Å². The van der Waals surface area contributed by atoms with Crippen molar-refractivity contribution in [1.82, 2.24) is 0 Å². The summed E-state index contributed by atoms with van der Waals surface area (Å²) in [5.74, 6) is 1.23. The van der Waals surface area contributed by atoms with E-state index in [2.05, 4.69) is 0 Å². The molecule has 0 bridgehead atoms. The van der Waals surface area contributed by atoms with Gasteiger partial charge in [-0.3, -0.25) is 5.41 Å². The van der Waals surface area contributed by atoms with Crippen LogP contribution in [0.15, 0.2) is 18.2 Å². The fraction of sp³-hybridized carbons (Fsp3) is 0.462. The minimum absolute atomic E-state index is 0.00689. The quantitative estimate of drug-likeness (QED) is 0.573. The van der Waals surface area contributed by atoms with Gasteiger partial charge in [-0.05, 0) is 32.0 Å². The molecule has 1 aromatic carbocycles. The van der Waals surface area contributed by atoms with Crippen LogP contribution in [-0.2, 0) is 4.74 Å². The molecule has 0 saturated heterocycles. The van der Waals surface area contributed by atoms with E-state index in [1.54, 1.807) is 25.3 Å². The Morgan fingerprint density at radius 3 is 2.67 bits per heavy atom. The summed E-state index contributed by atoms with van der Waals surface area (Å²) in [5, 5.41) is 7.40. The average Bonchev–Trinajstić information content (AvgIpc) is 2.31. The first-order chi connectivity index (χ1) is 8.58. The predicted molar refractivity (Wildman–Crippen MR) is 70.6 cm³/mol. The molecule has 1 atom stereocenters. The molecule has 0 saturated carbocycles. The van der Waals surface area contributed by atoms with Gasteiger partial charge in [0.05, 0.1) is 13.2 Å². The third kappa shape index (κ3) is 3.92. The molecule has 0 aliphatic carbocycles. The minimum atomic E-state index is -0.0719. The summed E-state index contributed by atoms with van der Waals surface area (Å²) in [5.41, 5.74) is 6.06. The smallest absolute Gasteiger partial charge is 0.161 e. The Morgan fingerprint density at radius 1 is 1.39 bits per heavy atom. The number of hydrogen-bond donors (Lipinski definition) is 2. The van der Waals surface area contributed by atoms with Crippen LogP contribution in [0.2, 0.25) is 0 Å². The molecule has 1 aromatic rings. The van der Waals surface area contributed by atoms with Gasteiger partial charge in [-0.25, -0.2) is 0 Å².